The van der Waals surface area contributed by atoms with E-state index in [0.29, 0.717) is 33.8 Å². The first-order chi connectivity index (χ1) is 23.9. The van der Waals surface area contributed by atoms with Gasteiger partial charge in [0.15, 0.2) is 11.5 Å². The van der Waals surface area contributed by atoms with E-state index in [2.05, 4.69) is 57.0 Å². The Hall–Kier alpha value is -5.15. The van der Waals surface area contributed by atoms with Crippen LogP contribution in [0.1, 0.15) is 59.4 Å². The van der Waals surface area contributed by atoms with Gasteiger partial charge in [0.2, 0.25) is 0 Å². The van der Waals surface area contributed by atoms with Gasteiger partial charge < -0.3 is 14.4 Å². The van der Waals surface area contributed by atoms with Gasteiger partial charge in [0.05, 0.1) is 16.8 Å². The van der Waals surface area contributed by atoms with Crippen molar-refractivity contribution in [3.63, 3.8) is 0 Å². The Kier molecular flexibility index (Phi) is 9.10. The van der Waals surface area contributed by atoms with Crippen molar-refractivity contribution in [1.29, 1.82) is 0 Å². The van der Waals surface area contributed by atoms with Gasteiger partial charge in [-0.25, -0.2) is 9.69 Å². The summed E-state index contributed by atoms with van der Waals surface area (Å²) < 4.78 is 12.2. The number of barbiturate groups is 1. The summed E-state index contributed by atoms with van der Waals surface area (Å²) in [5.74, 6) is -0.370. The predicted octanol–water partition coefficient (Wildman–Crippen LogP) is 7.96. The van der Waals surface area contributed by atoms with Crippen LogP contribution in [0, 0.1) is 0 Å². The number of benzene rings is 4. The van der Waals surface area contributed by atoms with Crippen LogP contribution in [0.25, 0.3) is 6.08 Å². The molecule has 0 bridgehead atoms. The number of hydrogen-bond acceptors (Lipinski definition) is 6. The zero-order valence-electron chi connectivity index (χ0n) is 27.2. The van der Waals surface area contributed by atoms with E-state index < -0.39 is 17.8 Å². The Morgan fingerprint density at radius 1 is 0.878 bits per heavy atom. The van der Waals surface area contributed by atoms with Gasteiger partial charge >= 0.3 is 6.03 Å². The monoisotopic (exact) mass is 717 g/mol. The predicted molar refractivity (Wildman–Crippen MR) is 194 cm³/mol. The number of carbonyl (C=O) groups excluding carboxylic acids is 3. The second-order valence-electron chi connectivity index (χ2n) is 12.3. The lowest BCUT2D eigenvalue weighted by Crippen LogP contribution is -2.54. The second-order valence-corrected chi connectivity index (χ2v) is 13.1. The molecule has 4 aromatic rings. The Morgan fingerprint density at radius 3 is 2.06 bits per heavy atom. The van der Waals surface area contributed by atoms with Gasteiger partial charge in [-0.15, -0.1) is 0 Å². The molecule has 4 amide bonds. The molecule has 0 radical (unpaired) electrons. The van der Waals surface area contributed by atoms with Crippen LogP contribution < -0.4 is 24.6 Å². The molecule has 3 aliphatic heterocycles. The van der Waals surface area contributed by atoms with E-state index in [1.807, 2.05) is 55.5 Å². The molecule has 8 nitrogen and oxygen atoms in total. The van der Waals surface area contributed by atoms with Gasteiger partial charge in [-0.3, -0.25) is 14.9 Å². The minimum atomic E-state index is -0.778. The van der Waals surface area contributed by atoms with Gasteiger partial charge in [0.1, 0.15) is 12.2 Å². The summed E-state index contributed by atoms with van der Waals surface area (Å²) in [5, 5.41) is 2.42. The standard InChI is InChI=1S/C40H36BrN3O5/c1-3-19-49-37-34(41)21-25(22-35(37)48-4-2)20-33-38(45)42-40(47)44(39(33)46)28-23-31-29(26-11-7-5-8-12-26)15-17-43-18-16-30(32(24-28)36(31)43)27-13-9-6-10-14-27/h3,5-14,20-24,29-30H,1,4,15-19H2,2H3,(H,42,45,47)/b33-20+/t29-,30-/m1/s1. The van der Waals surface area contributed by atoms with Gasteiger partial charge in [-0.2, -0.15) is 0 Å². The third-order valence-electron chi connectivity index (χ3n) is 9.35. The summed E-state index contributed by atoms with van der Waals surface area (Å²) in [4.78, 5) is 44.7. The number of rotatable bonds is 9. The lowest BCUT2D eigenvalue weighted by molar-refractivity contribution is -0.122. The third kappa shape index (κ3) is 6.15. The van der Waals surface area contributed by atoms with E-state index in [9.17, 15) is 14.4 Å². The molecule has 1 saturated heterocycles. The first-order valence-electron chi connectivity index (χ1n) is 16.5. The molecule has 1 fully saturated rings. The molecule has 3 heterocycles. The fourth-order valence-electron chi connectivity index (χ4n) is 7.24. The smallest absolute Gasteiger partial charge is 0.335 e. The number of nitrogens with one attached hydrogen (secondary N) is 1. The Balaban J connectivity index is 1.35. The third-order valence-corrected chi connectivity index (χ3v) is 9.94. The molecule has 7 rings (SSSR count). The lowest BCUT2D eigenvalue weighted by Gasteiger charge is -2.44. The molecule has 0 unspecified atom stereocenters. The number of halogens is 1. The molecule has 0 saturated carbocycles. The minimum Gasteiger partial charge on any atom is -0.490 e. The Labute approximate surface area is 294 Å². The molecule has 0 spiro atoms. The van der Waals surface area contributed by atoms with E-state index in [1.54, 1.807) is 18.2 Å². The van der Waals surface area contributed by atoms with Crippen LogP contribution in [0.15, 0.2) is 108 Å². The number of amides is 4. The maximum Gasteiger partial charge on any atom is 0.335 e. The number of carbonyl (C=O) groups is 3. The summed E-state index contributed by atoms with van der Waals surface area (Å²) >= 11 is 3.54. The average Bonchev–Trinajstić information content (AvgIpc) is 3.11. The largest absolute Gasteiger partial charge is 0.490 e. The van der Waals surface area contributed by atoms with Crippen LogP contribution >= 0.6 is 15.9 Å². The molecule has 4 aromatic carbocycles. The zero-order valence-corrected chi connectivity index (χ0v) is 28.7. The molecule has 248 valence electrons. The first-order valence-corrected chi connectivity index (χ1v) is 17.3. The minimum absolute atomic E-state index is 0.0800. The number of ether oxygens (including phenoxy) is 2. The molecular formula is C40H36BrN3O5. The highest BCUT2D eigenvalue weighted by molar-refractivity contribution is 9.10. The highest BCUT2D eigenvalue weighted by atomic mass is 79.9. The van der Waals surface area contributed by atoms with Crippen LogP contribution in [0.2, 0.25) is 0 Å². The highest BCUT2D eigenvalue weighted by Crippen LogP contribution is 2.50. The summed E-state index contributed by atoms with van der Waals surface area (Å²) in [6.07, 6.45) is 4.92. The van der Waals surface area contributed by atoms with Crippen LogP contribution in [0.3, 0.4) is 0 Å². The maximum absolute atomic E-state index is 14.3. The van der Waals surface area contributed by atoms with Crippen LogP contribution in [0.5, 0.6) is 11.5 Å². The Bertz CT molecular complexity index is 1900. The topological polar surface area (TPSA) is 88.2 Å². The summed E-state index contributed by atoms with van der Waals surface area (Å²) in [6, 6.07) is 27.3. The fourth-order valence-corrected chi connectivity index (χ4v) is 7.82. The van der Waals surface area contributed by atoms with Crippen LogP contribution in [-0.2, 0) is 9.59 Å². The van der Waals surface area contributed by atoms with Crippen molar-refractivity contribution in [2.24, 2.45) is 0 Å². The van der Waals surface area contributed by atoms with Crippen molar-refractivity contribution in [1.82, 2.24) is 5.32 Å². The van der Waals surface area contributed by atoms with Crippen molar-refractivity contribution in [3.05, 3.63) is 135 Å². The van der Waals surface area contributed by atoms with Crippen molar-refractivity contribution >= 4 is 51.2 Å². The van der Waals surface area contributed by atoms with E-state index in [4.69, 9.17) is 9.47 Å². The number of anilines is 2. The summed E-state index contributed by atoms with van der Waals surface area (Å²) in [7, 11) is 0. The van der Waals surface area contributed by atoms with Crippen molar-refractivity contribution in [2.45, 2.75) is 31.6 Å². The number of nitrogens with zero attached hydrogens (tertiary/aromatic N) is 2. The molecule has 3 aliphatic rings. The van der Waals surface area contributed by atoms with Gasteiger partial charge in [-0.1, -0.05) is 73.3 Å². The normalized spacial score (nSPS) is 19.4. The number of hydrogen-bond donors (Lipinski definition) is 1. The fraction of sp³-hybridized carbons (Fsp3) is 0.225. The van der Waals surface area contributed by atoms with Gasteiger partial charge in [0.25, 0.3) is 11.8 Å². The van der Waals surface area contributed by atoms with Gasteiger partial charge in [0, 0.05) is 30.6 Å². The van der Waals surface area contributed by atoms with Crippen molar-refractivity contribution in [3.8, 4) is 11.5 Å². The molecule has 0 aliphatic carbocycles. The zero-order chi connectivity index (χ0) is 34.1. The quantitative estimate of drug-likeness (QED) is 0.107. The maximum atomic E-state index is 14.3. The first kappa shape index (κ1) is 32.4. The molecule has 9 heteroatoms. The molecular weight excluding hydrogens is 682 g/mol. The molecule has 2 atom stereocenters. The van der Waals surface area contributed by atoms with Crippen LogP contribution in [-0.4, -0.2) is 44.1 Å². The highest BCUT2D eigenvalue weighted by Gasteiger charge is 2.40. The number of urea groups is 1. The van der Waals surface area contributed by atoms with E-state index in [-0.39, 0.29) is 24.0 Å². The van der Waals surface area contributed by atoms with E-state index in [1.165, 1.54) is 22.9 Å². The molecule has 0 aromatic heterocycles. The van der Waals surface area contributed by atoms with Crippen LogP contribution in [0.4, 0.5) is 16.2 Å². The Morgan fingerprint density at radius 2 is 1.49 bits per heavy atom. The average molecular weight is 719 g/mol. The summed E-state index contributed by atoms with van der Waals surface area (Å²) in [6.45, 7) is 8.05. The van der Waals surface area contributed by atoms with E-state index >= 15 is 0 Å². The van der Waals surface area contributed by atoms with E-state index in [0.717, 1.165) is 42.0 Å². The molecule has 49 heavy (non-hydrogen) atoms. The SMILES string of the molecule is C=CCOc1c(Br)cc(/C=C2\C(=O)NC(=O)N(c3cc4c5c(c3)[C@@H](c3ccccc3)CCN5CC[C@@H]4c3ccccc3)C2=O)cc1OCC. The lowest BCUT2D eigenvalue weighted by atomic mass is 9.76. The number of imide groups is 2. The van der Waals surface area contributed by atoms with Gasteiger partial charge in [-0.05, 0) is 93.9 Å². The van der Waals surface area contributed by atoms with Crippen molar-refractivity contribution in [2.75, 3.05) is 36.1 Å². The van der Waals surface area contributed by atoms with Crippen molar-refractivity contribution < 1.29 is 23.9 Å². The molecule has 1 N–H and O–H groups in total. The summed E-state index contributed by atoms with van der Waals surface area (Å²) in [5.41, 5.74) is 6.49. The second kappa shape index (κ2) is 13.8.